The summed E-state index contributed by atoms with van der Waals surface area (Å²) in [6.07, 6.45) is 0.285. The second kappa shape index (κ2) is 8.39. The van der Waals surface area contributed by atoms with Crippen molar-refractivity contribution in [3.05, 3.63) is 65.7 Å². The average molecular weight is 424 g/mol. The molecule has 0 saturated heterocycles. The lowest BCUT2D eigenvalue weighted by molar-refractivity contribution is -0.138. The Bertz CT molecular complexity index is 1100. The van der Waals surface area contributed by atoms with Crippen LogP contribution in [0.25, 0.3) is 11.3 Å². The first-order chi connectivity index (χ1) is 15.2. The minimum absolute atomic E-state index is 0.0581. The van der Waals surface area contributed by atoms with Crippen molar-refractivity contribution in [3.8, 4) is 22.8 Å². The second-order valence-corrected chi connectivity index (χ2v) is 7.52. The molecule has 3 heterocycles. The molecule has 0 spiro atoms. The van der Waals surface area contributed by atoms with Gasteiger partial charge in [0.15, 0.2) is 17.6 Å². The number of benzene rings is 2. The van der Waals surface area contributed by atoms with Crippen molar-refractivity contribution < 1.29 is 27.9 Å². The van der Waals surface area contributed by atoms with E-state index < -0.39 is 0 Å². The van der Waals surface area contributed by atoms with Crippen molar-refractivity contribution >= 4 is 5.91 Å². The van der Waals surface area contributed by atoms with Crippen LogP contribution in [0.15, 0.2) is 53.1 Å². The number of ether oxygens (including phenoxy) is 3. The van der Waals surface area contributed by atoms with E-state index in [4.69, 9.17) is 18.7 Å². The normalized spacial score (nSPS) is 17.3. The van der Waals surface area contributed by atoms with Gasteiger partial charge in [-0.3, -0.25) is 4.79 Å². The smallest absolute Gasteiger partial charge is 0.248 e. The van der Waals surface area contributed by atoms with Crippen molar-refractivity contribution in [3.63, 3.8) is 0 Å². The zero-order valence-corrected chi connectivity index (χ0v) is 16.8. The Morgan fingerprint density at radius 2 is 2.06 bits per heavy atom. The molecule has 0 saturated carbocycles. The van der Waals surface area contributed by atoms with Gasteiger partial charge in [-0.15, -0.1) is 0 Å². The van der Waals surface area contributed by atoms with Crippen LogP contribution in [0.1, 0.15) is 11.3 Å². The Balaban J connectivity index is 1.17. The maximum Gasteiger partial charge on any atom is 0.248 e. The highest BCUT2D eigenvalue weighted by Gasteiger charge is 2.28. The minimum atomic E-state index is -0.345. The Labute approximate surface area is 178 Å². The highest BCUT2D eigenvalue weighted by molar-refractivity contribution is 5.78. The van der Waals surface area contributed by atoms with Crippen LogP contribution in [0.4, 0.5) is 4.39 Å². The Kier molecular flexibility index (Phi) is 5.30. The van der Waals surface area contributed by atoms with Crippen molar-refractivity contribution in [2.45, 2.75) is 19.1 Å². The molecule has 1 aromatic heterocycles. The number of rotatable bonds is 5. The number of nitrogens with zero attached hydrogens (tertiary/aromatic N) is 2. The van der Waals surface area contributed by atoms with E-state index in [1.165, 1.54) is 12.1 Å². The fourth-order valence-electron chi connectivity index (χ4n) is 3.80. The number of fused-ring (bicyclic) bond motifs is 2. The number of carbonyl (C=O) groups excluding carboxylic acids is 1. The van der Waals surface area contributed by atoms with Gasteiger partial charge in [-0.05, 0) is 24.3 Å². The summed E-state index contributed by atoms with van der Waals surface area (Å²) in [4.78, 5) is 14.4. The van der Waals surface area contributed by atoms with Crippen molar-refractivity contribution in [1.82, 2.24) is 10.1 Å². The number of hydrogen-bond donors (Lipinski definition) is 0. The van der Waals surface area contributed by atoms with E-state index >= 15 is 0 Å². The Morgan fingerprint density at radius 1 is 1.19 bits per heavy atom. The number of halogens is 1. The summed E-state index contributed by atoms with van der Waals surface area (Å²) >= 11 is 0. The van der Waals surface area contributed by atoms with Crippen LogP contribution in [0.2, 0.25) is 0 Å². The molecule has 1 amide bonds. The lowest BCUT2D eigenvalue weighted by Gasteiger charge is -2.28. The first kappa shape index (κ1) is 19.6. The number of carbonyl (C=O) groups is 1. The van der Waals surface area contributed by atoms with Crippen LogP contribution in [0.3, 0.4) is 0 Å². The summed E-state index contributed by atoms with van der Waals surface area (Å²) in [6.45, 7) is 1.43. The van der Waals surface area contributed by atoms with Crippen LogP contribution in [0, 0.1) is 5.82 Å². The van der Waals surface area contributed by atoms with Crippen molar-refractivity contribution in [2.75, 3.05) is 26.4 Å². The van der Waals surface area contributed by atoms with Gasteiger partial charge in [-0.1, -0.05) is 29.4 Å². The number of hydrogen-bond acceptors (Lipinski definition) is 6. The predicted octanol–water partition coefficient (Wildman–Crippen LogP) is 3.22. The van der Waals surface area contributed by atoms with Gasteiger partial charge in [0, 0.05) is 24.1 Å². The quantitative estimate of drug-likeness (QED) is 0.626. The van der Waals surface area contributed by atoms with Crippen LogP contribution in [-0.2, 0) is 22.5 Å². The molecule has 2 aliphatic heterocycles. The first-order valence-electron chi connectivity index (χ1n) is 10.1. The van der Waals surface area contributed by atoms with Gasteiger partial charge in [0.05, 0.1) is 13.2 Å². The third-order valence-electron chi connectivity index (χ3n) is 5.37. The van der Waals surface area contributed by atoms with Gasteiger partial charge in [-0.2, -0.15) is 0 Å². The maximum atomic E-state index is 13.6. The molecule has 3 aromatic rings. The molecule has 7 nitrogen and oxygen atoms in total. The topological polar surface area (TPSA) is 74.0 Å². The minimum Gasteiger partial charge on any atom is -0.486 e. The molecule has 0 aliphatic carbocycles. The van der Waals surface area contributed by atoms with Gasteiger partial charge in [0.25, 0.3) is 0 Å². The van der Waals surface area contributed by atoms with Crippen LogP contribution in [0.5, 0.6) is 11.5 Å². The molecule has 0 fully saturated rings. The molecule has 0 bridgehead atoms. The predicted molar refractivity (Wildman–Crippen MR) is 108 cm³/mol. The SMILES string of the molecule is O=C(COC[C@@H]1COc2ccccc2O1)N1CCc2onc(-c3cccc(F)c3)c2C1. The van der Waals surface area contributed by atoms with Crippen molar-refractivity contribution in [1.29, 1.82) is 0 Å². The van der Waals surface area contributed by atoms with E-state index in [9.17, 15) is 9.18 Å². The molecule has 1 atom stereocenters. The average Bonchev–Trinajstić information content (AvgIpc) is 3.22. The summed E-state index contributed by atoms with van der Waals surface area (Å²) in [5.74, 6) is 1.64. The highest BCUT2D eigenvalue weighted by atomic mass is 19.1. The third-order valence-corrected chi connectivity index (χ3v) is 5.37. The number of para-hydroxylation sites is 2. The van der Waals surface area contributed by atoms with E-state index in [-0.39, 0.29) is 31.0 Å². The largest absolute Gasteiger partial charge is 0.486 e. The summed E-state index contributed by atoms with van der Waals surface area (Å²) < 4.78 is 36.2. The van der Waals surface area contributed by atoms with E-state index in [0.29, 0.717) is 48.9 Å². The van der Waals surface area contributed by atoms with E-state index in [0.717, 1.165) is 11.3 Å². The van der Waals surface area contributed by atoms with Gasteiger partial charge in [0.1, 0.15) is 30.5 Å². The Hall–Kier alpha value is -3.39. The monoisotopic (exact) mass is 424 g/mol. The fourth-order valence-corrected chi connectivity index (χ4v) is 3.80. The summed E-state index contributed by atoms with van der Waals surface area (Å²) in [7, 11) is 0. The second-order valence-electron chi connectivity index (χ2n) is 7.52. The molecule has 0 N–H and O–H groups in total. The molecular weight excluding hydrogens is 403 g/mol. The van der Waals surface area contributed by atoms with Crippen molar-refractivity contribution in [2.24, 2.45) is 0 Å². The molecule has 5 rings (SSSR count). The standard InChI is InChI=1S/C23H21FN2O5/c24-16-5-3-4-15(10-16)23-18-11-26(9-8-19(18)31-25-23)22(27)14-28-12-17-13-29-20-6-1-2-7-21(20)30-17/h1-7,10,17H,8-9,11-14H2/t17-/m1/s1. The van der Waals surface area contributed by atoms with Gasteiger partial charge < -0.3 is 23.6 Å². The molecule has 0 radical (unpaired) electrons. The summed E-state index contributed by atoms with van der Waals surface area (Å²) in [5.41, 5.74) is 2.01. The van der Waals surface area contributed by atoms with Gasteiger partial charge in [-0.25, -0.2) is 4.39 Å². The van der Waals surface area contributed by atoms with Crippen LogP contribution in [-0.4, -0.2) is 48.4 Å². The molecule has 2 aliphatic rings. The molecule has 8 heteroatoms. The Morgan fingerprint density at radius 3 is 2.94 bits per heavy atom. The third kappa shape index (κ3) is 4.11. The lowest BCUT2D eigenvalue weighted by Crippen LogP contribution is -2.39. The van der Waals surface area contributed by atoms with Crippen LogP contribution >= 0.6 is 0 Å². The zero-order valence-electron chi connectivity index (χ0n) is 16.8. The zero-order chi connectivity index (χ0) is 21.2. The number of amides is 1. The van der Waals surface area contributed by atoms with Gasteiger partial charge in [0.2, 0.25) is 5.91 Å². The molecule has 2 aromatic carbocycles. The summed E-state index contributed by atoms with van der Waals surface area (Å²) in [6, 6.07) is 13.6. The van der Waals surface area contributed by atoms with Crippen LogP contribution < -0.4 is 9.47 Å². The van der Waals surface area contributed by atoms with E-state index in [1.807, 2.05) is 24.3 Å². The molecule has 31 heavy (non-hydrogen) atoms. The number of aromatic nitrogens is 1. The maximum absolute atomic E-state index is 13.6. The lowest BCUT2D eigenvalue weighted by atomic mass is 10.0. The van der Waals surface area contributed by atoms with Gasteiger partial charge >= 0.3 is 0 Å². The van der Waals surface area contributed by atoms with E-state index in [2.05, 4.69) is 5.16 Å². The van der Waals surface area contributed by atoms with E-state index in [1.54, 1.807) is 17.0 Å². The molecular formula is C23H21FN2O5. The highest BCUT2D eigenvalue weighted by Crippen LogP contribution is 2.31. The molecule has 0 unspecified atom stereocenters. The first-order valence-corrected chi connectivity index (χ1v) is 10.1. The molecule has 160 valence electrons. The summed E-state index contributed by atoms with van der Waals surface area (Å²) in [5, 5.41) is 4.10. The fraction of sp³-hybridized carbons (Fsp3) is 0.304.